The van der Waals surface area contributed by atoms with Gasteiger partial charge in [-0.25, -0.2) is 9.78 Å². The lowest BCUT2D eigenvalue weighted by molar-refractivity contribution is 0.0476. The largest absolute Gasteiger partial charge is 0.454 e. The Morgan fingerprint density at radius 3 is 2.33 bits per heavy atom. The fourth-order valence-corrected chi connectivity index (χ4v) is 4.40. The molecule has 1 heterocycles. The lowest BCUT2D eigenvalue weighted by Gasteiger charge is -2.11. The minimum atomic E-state index is -0.526. The fraction of sp³-hybridized carbons (Fsp3) is 0.281. The number of hydrogen-bond acceptors (Lipinski definition) is 4. The van der Waals surface area contributed by atoms with Crippen LogP contribution >= 0.6 is 0 Å². The Morgan fingerprint density at radius 2 is 1.58 bits per heavy atom. The Balaban J connectivity index is 1.45. The second-order valence-corrected chi connectivity index (χ2v) is 9.25. The first-order chi connectivity index (χ1) is 17.6. The van der Waals surface area contributed by atoms with Crippen LogP contribution in [0, 0.1) is 6.92 Å². The third kappa shape index (κ3) is 6.25. The SMILES string of the molecule is CCCCCCCc1ccc(C(=O)COC(=O)c2cc(-c3ccccc3)nc3c(C)cccc23)cc1. The summed E-state index contributed by atoms with van der Waals surface area (Å²) in [5.41, 5.74) is 5.53. The van der Waals surface area contributed by atoms with Crippen LogP contribution in [0.2, 0.25) is 0 Å². The van der Waals surface area contributed by atoms with Crippen LogP contribution in [0.5, 0.6) is 0 Å². The number of ketones is 1. The number of carbonyl (C=O) groups is 2. The van der Waals surface area contributed by atoms with Gasteiger partial charge >= 0.3 is 5.97 Å². The molecule has 0 amide bonds. The maximum Gasteiger partial charge on any atom is 0.339 e. The van der Waals surface area contributed by atoms with E-state index in [1.807, 2.05) is 79.7 Å². The van der Waals surface area contributed by atoms with Gasteiger partial charge in [-0.1, -0.05) is 105 Å². The first kappa shape index (κ1) is 25.3. The predicted molar refractivity (Wildman–Crippen MR) is 145 cm³/mol. The highest BCUT2D eigenvalue weighted by Crippen LogP contribution is 2.27. The van der Waals surface area contributed by atoms with E-state index in [0.717, 1.165) is 34.9 Å². The van der Waals surface area contributed by atoms with Crippen LogP contribution in [0.3, 0.4) is 0 Å². The maximum atomic E-state index is 13.1. The van der Waals surface area contributed by atoms with Crippen molar-refractivity contribution in [2.45, 2.75) is 52.4 Å². The molecule has 0 fully saturated rings. The molecule has 0 aliphatic rings. The minimum absolute atomic E-state index is 0.212. The second-order valence-electron chi connectivity index (χ2n) is 9.25. The summed E-state index contributed by atoms with van der Waals surface area (Å²) >= 11 is 0. The van der Waals surface area contributed by atoms with Gasteiger partial charge < -0.3 is 4.74 Å². The summed E-state index contributed by atoms with van der Waals surface area (Å²) in [6.07, 6.45) is 7.22. The molecule has 0 atom stereocenters. The van der Waals surface area contributed by atoms with E-state index in [0.29, 0.717) is 16.8 Å². The zero-order chi connectivity index (χ0) is 25.3. The lowest BCUT2D eigenvalue weighted by Crippen LogP contribution is -2.15. The maximum absolute atomic E-state index is 13.1. The van der Waals surface area contributed by atoms with E-state index in [-0.39, 0.29) is 12.4 Å². The number of nitrogens with zero attached hydrogens (tertiary/aromatic N) is 1. The van der Waals surface area contributed by atoms with Crippen molar-refractivity contribution in [3.05, 3.63) is 101 Å². The van der Waals surface area contributed by atoms with Crippen LogP contribution in [0.25, 0.3) is 22.2 Å². The monoisotopic (exact) mass is 479 g/mol. The van der Waals surface area contributed by atoms with Crippen molar-refractivity contribution >= 4 is 22.7 Å². The molecule has 0 bridgehead atoms. The lowest BCUT2D eigenvalue weighted by atomic mass is 10.0. The van der Waals surface area contributed by atoms with Crippen LogP contribution in [0.4, 0.5) is 0 Å². The molecule has 0 aliphatic heterocycles. The van der Waals surface area contributed by atoms with Gasteiger partial charge in [0.25, 0.3) is 0 Å². The quantitative estimate of drug-likeness (QED) is 0.125. The van der Waals surface area contributed by atoms with Crippen LogP contribution in [0.1, 0.15) is 70.9 Å². The summed E-state index contributed by atoms with van der Waals surface area (Å²) < 4.78 is 5.50. The molecule has 0 N–H and O–H groups in total. The number of aromatic nitrogens is 1. The van der Waals surface area contributed by atoms with E-state index in [9.17, 15) is 9.59 Å². The van der Waals surface area contributed by atoms with Crippen molar-refractivity contribution < 1.29 is 14.3 Å². The van der Waals surface area contributed by atoms with Gasteiger partial charge in [0, 0.05) is 16.5 Å². The van der Waals surface area contributed by atoms with Gasteiger partial charge in [0.05, 0.1) is 16.8 Å². The number of hydrogen-bond donors (Lipinski definition) is 0. The summed E-state index contributed by atoms with van der Waals surface area (Å²) in [5.74, 6) is -0.738. The van der Waals surface area contributed by atoms with Gasteiger partial charge in [0.15, 0.2) is 12.4 Å². The van der Waals surface area contributed by atoms with Crippen LogP contribution in [-0.2, 0) is 11.2 Å². The molecule has 3 aromatic carbocycles. The predicted octanol–water partition coefficient (Wildman–Crippen LogP) is 7.76. The summed E-state index contributed by atoms with van der Waals surface area (Å²) in [4.78, 5) is 30.7. The Kier molecular flexibility index (Phi) is 8.62. The Morgan fingerprint density at radius 1 is 0.833 bits per heavy atom. The van der Waals surface area contributed by atoms with Gasteiger partial charge in [-0.05, 0) is 37.0 Å². The van der Waals surface area contributed by atoms with Crippen molar-refractivity contribution in [1.29, 1.82) is 0 Å². The highest BCUT2D eigenvalue weighted by atomic mass is 16.5. The van der Waals surface area contributed by atoms with E-state index in [1.165, 1.54) is 31.2 Å². The number of para-hydroxylation sites is 1. The van der Waals surface area contributed by atoms with Crippen molar-refractivity contribution in [3.8, 4) is 11.3 Å². The third-order valence-corrected chi connectivity index (χ3v) is 6.51. The second kappa shape index (κ2) is 12.3. The van der Waals surface area contributed by atoms with Gasteiger partial charge in [0.2, 0.25) is 0 Å². The molecular weight excluding hydrogens is 446 g/mol. The van der Waals surface area contributed by atoms with Gasteiger partial charge in [-0.15, -0.1) is 0 Å². The number of Topliss-reactive ketones (excluding diaryl/α,β-unsaturated/α-hetero) is 1. The van der Waals surface area contributed by atoms with Crippen molar-refractivity contribution in [3.63, 3.8) is 0 Å². The molecular formula is C32H33NO3. The Bertz CT molecular complexity index is 1330. The molecule has 0 unspecified atom stereocenters. The third-order valence-electron chi connectivity index (χ3n) is 6.51. The minimum Gasteiger partial charge on any atom is -0.454 e. The molecule has 0 saturated carbocycles. The fourth-order valence-electron chi connectivity index (χ4n) is 4.40. The van der Waals surface area contributed by atoms with Crippen molar-refractivity contribution in [2.24, 2.45) is 0 Å². The molecule has 4 nitrogen and oxygen atoms in total. The molecule has 0 saturated heterocycles. The standard InChI is InChI=1S/C32H33NO3/c1-3-4-5-6-8-13-24-17-19-26(20-18-24)30(34)22-36-32(35)28-21-29(25-14-9-7-10-15-25)33-31-23(2)12-11-16-27(28)31/h7,9-12,14-21H,3-6,8,13,22H2,1-2H3. The van der Waals surface area contributed by atoms with E-state index in [2.05, 4.69) is 6.92 Å². The van der Waals surface area contributed by atoms with Gasteiger partial charge in [-0.2, -0.15) is 0 Å². The molecule has 1 aromatic heterocycles. The number of ether oxygens (including phenoxy) is 1. The number of esters is 1. The van der Waals surface area contributed by atoms with Gasteiger partial charge in [0.1, 0.15) is 0 Å². The number of unbranched alkanes of at least 4 members (excludes halogenated alkanes) is 4. The molecule has 0 spiro atoms. The Labute approximate surface area is 213 Å². The molecule has 36 heavy (non-hydrogen) atoms. The van der Waals surface area contributed by atoms with E-state index >= 15 is 0 Å². The first-order valence-corrected chi connectivity index (χ1v) is 12.8. The topological polar surface area (TPSA) is 56.3 Å². The first-order valence-electron chi connectivity index (χ1n) is 12.8. The Hall–Kier alpha value is -3.79. The van der Waals surface area contributed by atoms with Crippen LogP contribution in [0.15, 0.2) is 78.9 Å². The highest BCUT2D eigenvalue weighted by molar-refractivity contribution is 6.06. The normalized spacial score (nSPS) is 10.9. The summed E-state index contributed by atoms with van der Waals surface area (Å²) in [6.45, 7) is 3.89. The molecule has 0 aliphatic carbocycles. The summed E-state index contributed by atoms with van der Waals surface area (Å²) in [7, 11) is 0. The smallest absolute Gasteiger partial charge is 0.339 e. The molecule has 184 valence electrons. The molecule has 4 rings (SSSR count). The van der Waals surface area contributed by atoms with Crippen LogP contribution in [-0.4, -0.2) is 23.3 Å². The summed E-state index contributed by atoms with van der Waals surface area (Å²) in [5, 5.41) is 0.718. The number of benzene rings is 3. The van der Waals surface area contributed by atoms with Crippen molar-refractivity contribution in [1.82, 2.24) is 4.98 Å². The molecule has 4 aromatic rings. The van der Waals surface area contributed by atoms with Crippen LogP contribution < -0.4 is 0 Å². The average molecular weight is 480 g/mol. The number of rotatable bonds is 11. The summed E-state index contributed by atoms with van der Waals surface area (Å²) in [6, 6.07) is 24.9. The molecule has 4 heteroatoms. The highest BCUT2D eigenvalue weighted by Gasteiger charge is 2.18. The number of carbonyl (C=O) groups excluding carboxylic acids is 2. The van der Waals surface area contributed by atoms with E-state index in [4.69, 9.17) is 9.72 Å². The number of aryl methyl sites for hydroxylation is 2. The van der Waals surface area contributed by atoms with Crippen molar-refractivity contribution in [2.75, 3.05) is 6.61 Å². The van der Waals surface area contributed by atoms with E-state index in [1.54, 1.807) is 6.07 Å². The van der Waals surface area contributed by atoms with Gasteiger partial charge in [-0.3, -0.25) is 4.79 Å². The number of pyridine rings is 1. The molecule has 0 radical (unpaired) electrons. The zero-order valence-electron chi connectivity index (χ0n) is 21.1. The van der Waals surface area contributed by atoms with E-state index < -0.39 is 5.97 Å². The zero-order valence-corrected chi connectivity index (χ0v) is 21.1. The number of fused-ring (bicyclic) bond motifs is 1. The average Bonchev–Trinajstić information content (AvgIpc) is 2.92.